The molecule has 1 heterocycles. The van der Waals surface area contributed by atoms with Crippen LogP contribution in [0.5, 0.6) is 0 Å². The van der Waals surface area contributed by atoms with Gasteiger partial charge in [-0.25, -0.2) is 4.39 Å². The standard InChI is InChI=1S/C14H18BrFN2O/c1-18(9-10-4-6-17-7-5-10)14(19)12-8-11(15)2-3-13(12)16/h2-3,8,10,17H,4-7,9H2,1H3. The minimum atomic E-state index is -0.467. The molecular weight excluding hydrogens is 311 g/mol. The first kappa shape index (κ1) is 14.5. The molecule has 1 aliphatic rings. The third-order valence-electron chi connectivity index (χ3n) is 3.50. The Labute approximate surface area is 121 Å². The maximum absolute atomic E-state index is 13.7. The van der Waals surface area contributed by atoms with E-state index in [-0.39, 0.29) is 11.5 Å². The number of piperidine rings is 1. The molecule has 1 amide bonds. The van der Waals surface area contributed by atoms with E-state index in [1.54, 1.807) is 18.0 Å². The van der Waals surface area contributed by atoms with Gasteiger partial charge in [-0.05, 0) is 50.0 Å². The Hall–Kier alpha value is -0.940. The van der Waals surface area contributed by atoms with Crippen LogP contribution in [0.1, 0.15) is 23.2 Å². The lowest BCUT2D eigenvalue weighted by Gasteiger charge is -2.27. The van der Waals surface area contributed by atoms with Gasteiger partial charge < -0.3 is 10.2 Å². The molecule has 1 saturated heterocycles. The molecule has 5 heteroatoms. The van der Waals surface area contributed by atoms with Gasteiger partial charge in [0.05, 0.1) is 5.56 Å². The van der Waals surface area contributed by atoms with Gasteiger partial charge in [0.25, 0.3) is 5.91 Å². The number of nitrogens with one attached hydrogen (secondary N) is 1. The van der Waals surface area contributed by atoms with E-state index < -0.39 is 5.82 Å². The van der Waals surface area contributed by atoms with Gasteiger partial charge >= 0.3 is 0 Å². The van der Waals surface area contributed by atoms with Crippen molar-refractivity contribution in [1.29, 1.82) is 0 Å². The summed E-state index contributed by atoms with van der Waals surface area (Å²) in [6, 6.07) is 4.45. The Kier molecular flexibility index (Phi) is 4.93. The lowest BCUT2D eigenvalue weighted by Crippen LogP contribution is -2.37. The van der Waals surface area contributed by atoms with E-state index in [1.807, 2.05) is 0 Å². The van der Waals surface area contributed by atoms with Crippen molar-refractivity contribution in [3.05, 3.63) is 34.1 Å². The summed E-state index contributed by atoms with van der Waals surface area (Å²) >= 11 is 3.27. The summed E-state index contributed by atoms with van der Waals surface area (Å²) in [7, 11) is 1.74. The number of amides is 1. The van der Waals surface area contributed by atoms with Crippen LogP contribution in [0, 0.1) is 11.7 Å². The minimum absolute atomic E-state index is 0.130. The highest BCUT2D eigenvalue weighted by Gasteiger charge is 2.21. The molecule has 3 nitrogen and oxygen atoms in total. The van der Waals surface area contributed by atoms with Gasteiger partial charge in [0, 0.05) is 18.1 Å². The normalized spacial score (nSPS) is 16.4. The summed E-state index contributed by atoms with van der Waals surface area (Å²) < 4.78 is 14.4. The second-order valence-corrected chi connectivity index (χ2v) is 5.92. The van der Waals surface area contributed by atoms with Gasteiger partial charge in [0.2, 0.25) is 0 Å². The number of benzene rings is 1. The van der Waals surface area contributed by atoms with Gasteiger partial charge in [-0.15, -0.1) is 0 Å². The van der Waals surface area contributed by atoms with Gasteiger partial charge in [0.15, 0.2) is 0 Å². The molecular formula is C14H18BrFN2O. The van der Waals surface area contributed by atoms with E-state index in [4.69, 9.17) is 0 Å². The van der Waals surface area contributed by atoms with E-state index in [9.17, 15) is 9.18 Å². The number of rotatable bonds is 3. The molecule has 0 bridgehead atoms. The molecule has 19 heavy (non-hydrogen) atoms. The van der Waals surface area contributed by atoms with Crippen molar-refractivity contribution in [2.45, 2.75) is 12.8 Å². The molecule has 0 aliphatic carbocycles. The fourth-order valence-electron chi connectivity index (χ4n) is 2.40. The molecule has 0 saturated carbocycles. The smallest absolute Gasteiger partial charge is 0.256 e. The van der Waals surface area contributed by atoms with E-state index in [0.717, 1.165) is 25.9 Å². The molecule has 2 rings (SSSR count). The first-order valence-electron chi connectivity index (χ1n) is 6.49. The quantitative estimate of drug-likeness (QED) is 0.925. The molecule has 0 radical (unpaired) electrons. The average Bonchev–Trinajstić information content (AvgIpc) is 2.42. The molecule has 0 spiro atoms. The molecule has 0 aromatic heterocycles. The van der Waals surface area contributed by atoms with Crippen LogP contribution >= 0.6 is 15.9 Å². The Morgan fingerprint density at radius 3 is 2.84 bits per heavy atom. The van der Waals surface area contributed by atoms with Crippen LogP contribution in [-0.2, 0) is 0 Å². The number of halogens is 2. The highest BCUT2D eigenvalue weighted by molar-refractivity contribution is 9.10. The Morgan fingerprint density at radius 1 is 1.47 bits per heavy atom. The summed E-state index contributed by atoms with van der Waals surface area (Å²) in [5.74, 6) is -0.215. The topological polar surface area (TPSA) is 32.3 Å². The van der Waals surface area contributed by atoms with Gasteiger partial charge in [-0.1, -0.05) is 15.9 Å². The van der Waals surface area contributed by atoms with Crippen LogP contribution < -0.4 is 5.32 Å². The van der Waals surface area contributed by atoms with E-state index in [2.05, 4.69) is 21.2 Å². The SMILES string of the molecule is CN(CC1CCNCC1)C(=O)c1cc(Br)ccc1F. The van der Waals surface area contributed by atoms with E-state index in [0.29, 0.717) is 16.9 Å². The zero-order valence-electron chi connectivity index (χ0n) is 11.0. The Balaban J connectivity index is 2.03. The lowest BCUT2D eigenvalue weighted by molar-refractivity contribution is 0.0758. The molecule has 1 aliphatic heterocycles. The molecule has 104 valence electrons. The molecule has 0 atom stereocenters. The predicted octanol–water partition coefficient (Wildman–Crippen LogP) is 2.66. The zero-order valence-corrected chi connectivity index (χ0v) is 12.5. The van der Waals surface area contributed by atoms with Gasteiger partial charge in [-0.3, -0.25) is 4.79 Å². The Morgan fingerprint density at radius 2 is 2.16 bits per heavy atom. The van der Waals surface area contributed by atoms with Crippen LogP contribution in [0.15, 0.2) is 22.7 Å². The van der Waals surface area contributed by atoms with Crippen LogP contribution in [0.3, 0.4) is 0 Å². The molecule has 0 unspecified atom stereocenters. The number of hydrogen-bond donors (Lipinski definition) is 1. The summed E-state index contributed by atoms with van der Waals surface area (Å²) in [5, 5.41) is 3.30. The van der Waals surface area contributed by atoms with E-state index >= 15 is 0 Å². The zero-order chi connectivity index (χ0) is 13.8. The predicted molar refractivity (Wildman–Crippen MR) is 76.7 cm³/mol. The highest BCUT2D eigenvalue weighted by atomic mass is 79.9. The number of carbonyl (C=O) groups is 1. The van der Waals surface area contributed by atoms with Crippen LogP contribution in [-0.4, -0.2) is 37.5 Å². The molecule has 1 N–H and O–H groups in total. The van der Waals surface area contributed by atoms with Crippen LogP contribution in [0.2, 0.25) is 0 Å². The van der Waals surface area contributed by atoms with Crippen molar-refractivity contribution in [2.75, 3.05) is 26.7 Å². The fraction of sp³-hybridized carbons (Fsp3) is 0.500. The second-order valence-electron chi connectivity index (χ2n) is 5.00. The van der Waals surface area contributed by atoms with Crippen molar-refractivity contribution in [1.82, 2.24) is 10.2 Å². The number of nitrogens with zero attached hydrogens (tertiary/aromatic N) is 1. The lowest BCUT2D eigenvalue weighted by atomic mass is 9.97. The highest BCUT2D eigenvalue weighted by Crippen LogP contribution is 2.19. The summed E-state index contributed by atoms with van der Waals surface area (Å²) in [6.07, 6.45) is 2.14. The number of hydrogen-bond acceptors (Lipinski definition) is 2. The summed E-state index contributed by atoms with van der Waals surface area (Å²) in [4.78, 5) is 13.9. The second kappa shape index (κ2) is 6.48. The molecule has 1 aromatic carbocycles. The summed E-state index contributed by atoms with van der Waals surface area (Å²) in [5.41, 5.74) is 0.130. The summed E-state index contributed by atoms with van der Waals surface area (Å²) in [6.45, 7) is 2.68. The van der Waals surface area contributed by atoms with Crippen molar-refractivity contribution < 1.29 is 9.18 Å². The third kappa shape index (κ3) is 3.76. The van der Waals surface area contributed by atoms with Crippen molar-refractivity contribution in [3.63, 3.8) is 0 Å². The van der Waals surface area contributed by atoms with E-state index in [1.165, 1.54) is 12.1 Å². The van der Waals surface area contributed by atoms with Crippen molar-refractivity contribution in [2.24, 2.45) is 5.92 Å². The van der Waals surface area contributed by atoms with Gasteiger partial charge in [0.1, 0.15) is 5.82 Å². The van der Waals surface area contributed by atoms with Crippen molar-refractivity contribution >= 4 is 21.8 Å². The third-order valence-corrected chi connectivity index (χ3v) is 3.99. The Bertz CT molecular complexity index is 461. The maximum atomic E-state index is 13.7. The van der Waals surface area contributed by atoms with Crippen molar-refractivity contribution in [3.8, 4) is 0 Å². The van der Waals surface area contributed by atoms with Crippen LogP contribution in [0.25, 0.3) is 0 Å². The first-order valence-corrected chi connectivity index (χ1v) is 7.28. The average molecular weight is 329 g/mol. The minimum Gasteiger partial charge on any atom is -0.341 e. The molecule has 1 fully saturated rings. The fourth-order valence-corrected chi connectivity index (χ4v) is 2.76. The monoisotopic (exact) mass is 328 g/mol. The van der Waals surface area contributed by atoms with Crippen LogP contribution in [0.4, 0.5) is 4.39 Å². The number of carbonyl (C=O) groups excluding carboxylic acids is 1. The first-order chi connectivity index (χ1) is 9.08. The maximum Gasteiger partial charge on any atom is 0.256 e. The largest absolute Gasteiger partial charge is 0.341 e. The molecule has 1 aromatic rings. The van der Waals surface area contributed by atoms with Gasteiger partial charge in [-0.2, -0.15) is 0 Å².